The molecular formula is C37H51ClIN4Ru-. The molecule has 44 heavy (non-hydrogen) atoms. The van der Waals surface area contributed by atoms with Crippen molar-refractivity contribution in [3.8, 4) is 0 Å². The van der Waals surface area contributed by atoms with Crippen LogP contribution < -0.4 is 0 Å². The number of pyridine rings is 2. The molecule has 3 aliphatic rings. The summed E-state index contributed by atoms with van der Waals surface area (Å²) in [6.07, 6.45) is 10.8. The van der Waals surface area contributed by atoms with Crippen molar-refractivity contribution >= 4 is 34.1 Å². The average molecular weight is 815 g/mol. The molecule has 1 aromatic carbocycles. The zero-order valence-electron chi connectivity index (χ0n) is 27.0. The van der Waals surface area contributed by atoms with Crippen LogP contribution in [0.3, 0.4) is 0 Å². The Kier molecular flexibility index (Phi) is 14.9. The van der Waals surface area contributed by atoms with Gasteiger partial charge >= 0.3 is 80.9 Å². The van der Waals surface area contributed by atoms with Crippen LogP contribution in [0.1, 0.15) is 77.5 Å². The van der Waals surface area contributed by atoms with Gasteiger partial charge in [0.25, 0.3) is 0 Å². The Balaban J connectivity index is 0.000000225. The van der Waals surface area contributed by atoms with Gasteiger partial charge in [-0.15, -0.1) is 0 Å². The summed E-state index contributed by atoms with van der Waals surface area (Å²) in [4.78, 5) is 14.0. The van der Waals surface area contributed by atoms with Crippen molar-refractivity contribution in [2.24, 2.45) is 29.6 Å². The molecular weight excluding hydrogens is 764 g/mol. The van der Waals surface area contributed by atoms with E-state index in [0.29, 0.717) is 23.9 Å². The van der Waals surface area contributed by atoms with Gasteiger partial charge in [-0.3, -0.25) is 9.97 Å². The summed E-state index contributed by atoms with van der Waals surface area (Å²) in [6, 6.07) is 23.7. The van der Waals surface area contributed by atoms with Gasteiger partial charge in [0.15, 0.2) is 0 Å². The zero-order valence-corrected chi connectivity index (χ0v) is 31.6. The Bertz CT molecular complexity index is 1210. The Morgan fingerprint density at radius 3 is 1.77 bits per heavy atom. The van der Waals surface area contributed by atoms with Crippen LogP contribution in [0.4, 0.5) is 0 Å². The summed E-state index contributed by atoms with van der Waals surface area (Å²) < 4.78 is 2.15. The fraction of sp³-hybridized carbons (Fsp3) is 0.514. The Hall–Kier alpha value is -1.05. The van der Waals surface area contributed by atoms with Crippen molar-refractivity contribution in [2.45, 2.75) is 78.3 Å². The molecule has 1 aliphatic heterocycles. The fourth-order valence-electron chi connectivity index (χ4n) is 8.06. The second-order valence-electron chi connectivity index (χ2n) is 13.3. The van der Waals surface area contributed by atoms with Crippen LogP contribution in [-0.4, -0.2) is 49.6 Å². The number of hydrogen-bond acceptors (Lipinski definition) is 4. The molecule has 6 atom stereocenters. The quantitative estimate of drug-likeness (QED) is 0.149. The summed E-state index contributed by atoms with van der Waals surface area (Å²) in [5.41, 5.74) is 2.54. The van der Waals surface area contributed by atoms with Crippen molar-refractivity contribution in [3.05, 3.63) is 103 Å². The van der Waals surface area contributed by atoms with Crippen molar-refractivity contribution in [3.63, 3.8) is 0 Å². The molecule has 2 saturated carbocycles. The minimum Gasteiger partial charge on any atom is -0.265 e. The molecule has 0 amide bonds. The van der Waals surface area contributed by atoms with Crippen LogP contribution in [-0.2, 0) is 11.0 Å². The van der Waals surface area contributed by atoms with Gasteiger partial charge in [0.05, 0.1) is 0 Å². The number of benzene rings is 1. The summed E-state index contributed by atoms with van der Waals surface area (Å²) in [7, 11) is 4.77. The zero-order chi connectivity index (χ0) is 31.5. The Labute approximate surface area is 287 Å². The van der Waals surface area contributed by atoms with E-state index in [-0.39, 0.29) is 0 Å². The molecule has 0 unspecified atom stereocenters. The Morgan fingerprint density at radius 2 is 1.25 bits per heavy atom. The van der Waals surface area contributed by atoms with Gasteiger partial charge in [-0.25, -0.2) is 6.67 Å². The molecule has 1 saturated heterocycles. The van der Waals surface area contributed by atoms with E-state index in [2.05, 4.69) is 105 Å². The van der Waals surface area contributed by atoms with Gasteiger partial charge in [-0.1, -0.05) is 46.8 Å². The molecule has 0 radical (unpaired) electrons. The van der Waals surface area contributed by atoms with E-state index in [4.69, 9.17) is 14.7 Å². The molecule has 7 heteroatoms. The SMILES string of the molecule is CC1C[C@@H](C)C(N2[CH-]N([C@H]3[C@@H](c4ccccn4)C[C@@H](C)C[C@@H]3C)CC2)[C@H](C)C1.[Cl]/[Ru]([I])=[CH]/c1ccccc1.c1ccncc1. The van der Waals surface area contributed by atoms with Crippen LogP contribution in [0, 0.1) is 36.3 Å². The average Bonchev–Trinajstić information content (AvgIpc) is 3.47. The third-order valence-electron chi connectivity index (χ3n) is 9.45. The topological polar surface area (TPSA) is 32.3 Å². The monoisotopic (exact) mass is 815 g/mol. The number of aromatic nitrogens is 2. The molecule has 0 N–H and O–H groups in total. The van der Waals surface area contributed by atoms with E-state index in [1.807, 2.05) is 48.7 Å². The van der Waals surface area contributed by atoms with Gasteiger partial charge in [-0.05, 0) is 105 Å². The maximum atomic E-state index is 5.89. The van der Waals surface area contributed by atoms with Crippen molar-refractivity contribution < 1.29 is 11.0 Å². The molecule has 3 fully saturated rings. The van der Waals surface area contributed by atoms with E-state index in [1.165, 1.54) is 50.0 Å². The summed E-state index contributed by atoms with van der Waals surface area (Å²) in [5.74, 6) is 4.53. The predicted octanol–water partition coefficient (Wildman–Crippen LogP) is 9.45. The molecule has 3 heterocycles. The minimum atomic E-state index is -1.12. The smallest absolute Gasteiger partial charge is 0.0267 e. The third-order valence-corrected chi connectivity index (χ3v) is 12.2. The first-order valence-corrected chi connectivity index (χ1v) is 24.6. The second-order valence-corrected chi connectivity index (χ2v) is 24.0. The Morgan fingerprint density at radius 1 is 0.727 bits per heavy atom. The maximum Gasteiger partial charge on any atom is 0.0267 e. The van der Waals surface area contributed by atoms with Crippen LogP contribution in [0.5, 0.6) is 0 Å². The van der Waals surface area contributed by atoms with E-state index in [9.17, 15) is 0 Å². The van der Waals surface area contributed by atoms with E-state index in [1.54, 1.807) is 12.4 Å². The van der Waals surface area contributed by atoms with Crippen LogP contribution in [0.25, 0.3) is 0 Å². The van der Waals surface area contributed by atoms with Crippen molar-refractivity contribution in [2.75, 3.05) is 13.1 Å². The molecule has 3 aromatic rings. The van der Waals surface area contributed by atoms with Crippen LogP contribution in [0.15, 0.2) is 85.3 Å². The molecule has 0 spiro atoms. The van der Waals surface area contributed by atoms with Gasteiger partial charge < -0.3 is 9.80 Å². The number of rotatable bonds is 4. The van der Waals surface area contributed by atoms with Crippen LogP contribution in [0.2, 0.25) is 0 Å². The number of nitrogens with zero attached hydrogens (tertiary/aromatic N) is 4. The standard InChI is InChI=1S/C25H40N3.C7H6.C5H5N.ClH.HI.Ru/c1-17-12-19(3)24(20(4)13-17)27-10-11-28(16-27)25-21(5)14-18(2)15-22(25)23-8-6-7-9-26-23;1-7-5-3-2-4-6-7;1-2-4-6-5-3-1;;;/h6-9,16-22,24-25H,10-15H2,1-5H3;1-6H;1-5H;2*1H;/q-1;;;;;+2/p-2/t17?,18-,19+,20+,21-,22+,24?,25+;;;;;/m0...../s1. The molecule has 6 rings (SSSR count). The third kappa shape index (κ3) is 10.8. The van der Waals surface area contributed by atoms with Crippen LogP contribution >= 0.6 is 29.4 Å². The largest absolute Gasteiger partial charge is 0.265 e. The van der Waals surface area contributed by atoms with E-state index >= 15 is 0 Å². The van der Waals surface area contributed by atoms with E-state index < -0.39 is 11.0 Å². The van der Waals surface area contributed by atoms with Crippen molar-refractivity contribution in [1.82, 2.24) is 19.8 Å². The normalized spacial score (nSPS) is 32.1. The number of hydrogen-bond donors (Lipinski definition) is 0. The second kappa shape index (κ2) is 18.3. The van der Waals surface area contributed by atoms with Gasteiger partial charge in [-0.2, -0.15) is 0 Å². The van der Waals surface area contributed by atoms with Gasteiger partial charge in [0.1, 0.15) is 0 Å². The minimum absolute atomic E-state index is 0.553. The summed E-state index contributed by atoms with van der Waals surface area (Å²) >= 11 is 2.30. The molecule has 0 bridgehead atoms. The van der Waals surface area contributed by atoms with Gasteiger partial charge in [0, 0.05) is 30.2 Å². The molecule has 2 aromatic heterocycles. The molecule has 4 nitrogen and oxygen atoms in total. The maximum absolute atomic E-state index is 5.89. The fourth-order valence-corrected chi connectivity index (χ4v) is 10.9. The summed E-state index contributed by atoms with van der Waals surface area (Å²) in [5, 5.41) is 0. The molecule has 242 valence electrons. The van der Waals surface area contributed by atoms with Crippen molar-refractivity contribution in [1.29, 1.82) is 0 Å². The first-order valence-electron chi connectivity index (χ1n) is 16.2. The first-order chi connectivity index (χ1) is 21.2. The summed E-state index contributed by atoms with van der Waals surface area (Å²) in [6.45, 7) is 17.2. The van der Waals surface area contributed by atoms with Gasteiger partial charge in [0.2, 0.25) is 0 Å². The molecule has 2 aliphatic carbocycles. The number of halogens is 2. The van der Waals surface area contributed by atoms with E-state index in [0.717, 1.165) is 23.7 Å². The predicted molar refractivity (Wildman–Crippen MR) is 192 cm³/mol. The first kappa shape index (κ1) is 35.8.